The van der Waals surface area contributed by atoms with Crippen LogP contribution in [0, 0.1) is 5.41 Å². The third kappa shape index (κ3) is 5.46. The summed E-state index contributed by atoms with van der Waals surface area (Å²) in [6.45, 7) is 1.80. The monoisotopic (exact) mass is 475 g/mol. The molecule has 0 bridgehead atoms. The van der Waals surface area contributed by atoms with E-state index in [2.05, 4.69) is 10.2 Å². The van der Waals surface area contributed by atoms with E-state index in [0.29, 0.717) is 39.0 Å². The maximum absolute atomic E-state index is 13.0. The van der Waals surface area contributed by atoms with Gasteiger partial charge in [0.1, 0.15) is 11.6 Å². The van der Waals surface area contributed by atoms with Crippen molar-refractivity contribution >= 4 is 34.8 Å². The van der Waals surface area contributed by atoms with E-state index in [1.165, 1.54) is 7.11 Å². The van der Waals surface area contributed by atoms with E-state index in [1.807, 2.05) is 12.1 Å². The first kappa shape index (κ1) is 23.5. The molecule has 2 N–H and O–H groups in total. The van der Waals surface area contributed by atoms with Crippen LogP contribution in [0.4, 0.5) is 5.69 Å². The van der Waals surface area contributed by atoms with E-state index in [9.17, 15) is 9.59 Å². The SMILES string of the molecule is COc1ccc(CC(=O)c2ccc(C(=N)N3CCCC3)cc2)c(C(=O)Nc2ccc(Cl)cc2)c1. The molecule has 4 rings (SSSR count). The number of anilines is 1. The summed E-state index contributed by atoms with van der Waals surface area (Å²) in [6, 6.07) is 19.1. The van der Waals surface area contributed by atoms with Crippen molar-refractivity contribution in [3.05, 3.63) is 94.0 Å². The van der Waals surface area contributed by atoms with Crippen molar-refractivity contribution in [1.82, 2.24) is 4.90 Å². The van der Waals surface area contributed by atoms with Crippen LogP contribution in [0.1, 0.15) is 44.7 Å². The molecule has 1 aliphatic heterocycles. The number of benzene rings is 3. The van der Waals surface area contributed by atoms with Crippen molar-refractivity contribution in [2.75, 3.05) is 25.5 Å². The number of amidine groups is 1. The number of rotatable bonds is 7. The van der Waals surface area contributed by atoms with E-state index >= 15 is 0 Å². The molecule has 0 saturated carbocycles. The molecular formula is C27H26ClN3O3. The fourth-order valence-corrected chi connectivity index (χ4v) is 4.12. The number of likely N-dealkylation sites (tertiary alicyclic amines) is 1. The summed E-state index contributed by atoms with van der Waals surface area (Å²) in [5.41, 5.74) is 2.91. The molecule has 3 aromatic carbocycles. The highest BCUT2D eigenvalue weighted by Gasteiger charge is 2.19. The lowest BCUT2D eigenvalue weighted by molar-refractivity contribution is 0.0992. The predicted octanol–water partition coefficient (Wildman–Crippen LogP) is 5.45. The average Bonchev–Trinajstić information content (AvgIpc) is 3.40. The molecule has 1 aliphatic rings. The van der Waals surface area contributed by atoms with Crippen LogP contribution in [0.2, 0.25) is 5.02 Å². The van der Waals surface area contributed by atoms with Gasteiger partial charge >= 0.3 is 0 Å². The van der Waals surface area contributed by atoms with Gasteiger partial charge in [0.05, 0.1) is 7.11 Å². The van der Waals surface area contributed by atoms with Gasteiger partial charge in [0, 0.05) is 46.9 Å². The van der Waals surface area contributed by atoms with E-state index in [0.717, 1.165) is 31.5 Å². The molecule has 7 heteroatoms. The van der Waals surface area contributed by atoms with Gasteiger partial charge < -0.3 is 15.0 Å². The van der Waals surface area contributed by atoms with Gasteiger partial charge in [-0.3, -0.25) is 15.0 Å². The van der Waals surface area contributed by atoms with Crippen LogP contribution in [-0.2, 0) is 6.42 Å². The number of halogens is 1. The number of Topliss-reactive ketones (excluding diaryl/α,β-unsaturated/α-hetero) is 1. The lowest BCUT2D eigenvalue weighted by Crippen LogP contribution is -2.27. The van der Waals surface area contributed by atoms with Gasteiger partial charge in [0.25, 0.3) is 5.91 Å². The Labute approximate surface area is 204 Å². The van der Waals surface area contributed by atoms with Crippen molar-refractivity contribution in [3.63, 3.8) is 0 Å². The molecule has 1 amide bonds. The molecule has 1 fully saturated rings. The number of carbonyl (C=O) groups excluding carboxylic acids is 2. The molecule has 1 heterocycles. The Morgan fingerprint density at radius 2 is 1.62 bits per heavy atom. The third-order valence-electron chi connectivity index (χ3n) is 5.92. The Morgan fingerprint density at radius 1 is 0.971 bits per heavy atom. The molecular weight excluding hydrogens is 450 g/mol. The van der Waals surface area contributed by atoms with Crippen LogP contribution in [0.25, 0.3) is 0 Å². The molecule has 0 spiro atoms. The lowest BCUT2D eigenvalue weighted by Gasteiger charge is -2.18. The second kappa shape index (κ2) is 10.5. The number of hydrogen-bond acceptors (Lipinski definition) is 4. The maximum atomic E-state index is 13.0. The summed E-state index contributed by atoms with van der Waals surface area (Å²) >= 11 is 5.92. The minimum Gasteiger partial charge on any atom is -0.497 e. The largest absolute Gasteiger partial charge is 0.497 e. The van der Waals surface area contributed by atoms with Gasteiger partial charge in [-0.25, -0.2) is 0 Å². The Morgan fingerprint density at radius 3 is 2.26 bits per heavy atom. The van der Waals surface area contributed by atoms with Gasteiger partial charge in [-0.1, -0.05) is 41.9 Å². The first-order valence-electron chi connectivity index (χ1n) is 11.2. The van der Waals surface area contributed by atoms with Crippen molar-refractivity contribution < 1.29 is 14.3 Å². The van der Waals surface area contributed by atoms with E-state index in [-0.39, 0.29) is 18.1 Å². The van der Waals surface area contributed by atoms with Crippen LogP contribution < -0.4 is 10.1 Å². The lowest BCUT2D eigenvalue weighted by atomic mass is 9.97. The number of methoxy groups -OCH3 is 1. The number of hydrogen-bond donors (Lipinski definition) is 2. The molecule has 0 aromatic heterocycles. The average molecular weight is 476 g/mol. The summed E-state index contributed by atoms with van der Waals surface area (Å²) < 4.78 is 5.29. The third-order valence-corrected chi connectivity index (χ3v) is 6.17. The number of carbonyl (C=O) groups is 2. The molecule has 34 heavy (non-hydrogen) atoms. The molecule has 0 atom stereocenters. The fraction of sp³-hybridized carbons (Fsp3) is 0.222. The maximum Gasteiger partial charge on any atom is 0.256 e. The highest BCUT2D eigenvalue weighted by Crippen LogP contribution is 2.22. The summed E-state index contributed by atoms with van der Waals surface area (Å²) in [6.07, 6.45) is 2.28. The highest BCUT2D eigenvalue weighted by molar-refractivity contribution is 6.30. The van der Waals surface area contributed by atoms with Gasteiger partial charge in [0.15, 0.2) is 5.78 Å². The predicted molar refractivity (Wildman–Crippen MR) is 135 cm³/mol. The van der Waals surface area contributed by atoms with Crippen molar-refractivity contribution in [1.29, 1.82) is 5.41 Å². The number of nitrogens with zero attached hydrogens (tertiary/aromatic N) is 1. The molecule has 174 valence electrons. The zero-order valence-electron chi connectivity index (χ0n) is 18.9. The minimum atomic E-state index is -0.335. The van der Waals surface area contributed by atoms with E-state index < -0.39 is 0 Å². The normalized spacial score (nSPS) is 12.9. The van der Waals surface area contributed by atoms with Crippen LogP contribution in [-0.4, -0.2) is 42.6 Å². The second-order valence-corrected chi connectivity index (χ2v) is 8.64. The molecule has 0 aliphatic carbocycles. The van der Waals surface area contributed by atoms with Crippen molar-refractivity contribution in [3.8, 4) is 5.75 Å². The van der Waals surface area contributed by atoms with Crippen LogP contribution in [0.5, 0.6) is 5.75 Å². The van der Waals surface area contributed by atoms with Crippen LogP contribution in [0.3, 0.4) is 0 Å². The molecule has 0 radical (unpaired) electrons. The van der Waals surface area contributed by atoms with E-state index in [4.69, 9.17) is 21.7 Å². The van der Waals surface area contributed by atoms with Gasteiger partial charge in [-0.2, -0.15) is 0 Å². The summed E-state index contributed by atoms with van der Waals surface area (Å²) in [5, 5.41) is 11.8. The number of amides is 1. The molecule has 1 saturated heterocycles. The van der Waals surface area contributed by atoms with Gasteiger partial charge in [-0.05, 0) is 54.8 Å². The Kier molecular flexibility index (Phi) is 7.28. The second-order valence-electron chi connectivity index (χ2n) is 8.20. The molecule has 3 aromatic rings. The van der Waals surface area contributed by atoms with Crippen molar-refractivity contribution in [2.24, 2.45) is 0 Å². The zero-order valence-corrected chi connectivity index (χ0v) is 19.7. The Hall–Kier alpha value is -3.64. The molecule has 0 unspecified atom stereocenters. The fourth-order valence-electron chi connectivity index (χ4n) is 3.99. The van der Waals surface area contributed by atoms with Crippen LogP contribution >= 0.6 is 11.6 Å². The number of nitrogens with one attached hydrogen (secondary N) is 2. The Balaban J connectivity index is 1.51. The summed E-state index contributed by atoms with van der Waals surface area (Å²) in [5.74, 6) is 0.582. The number of ether oxygens (including phenoxy) is 1. The highest BCUT2D eigenvalue weighted by atomic mass is 35.5. The van der Waals surface area contributed by atoms with Gasteiger partial charge in [-0.15, -0.1) is 0 Å². The summed E-state index contributed by atoms with van der Waals surface area (Å²) in [7, 11) is 1.53. The zero-order chi connectivity index (χ0) is 24.1. The quantitative estimate of drug-likeness (QED) is 0.270. The minimum absolute atomic E-state index is 0.0658. The molecule has 6 nitrogen and oxygen atoms in total. The number of ketones is 1. The smallest absolute Gasteiger partial charge is 0.256 e. The van der Waals surface area contributed by atoms with E-state index in [1.54, 1.807) is 54.6 Å². The first-order chi connectivity index (χ1) is 16.4. The topological polar surface area (TPSA) is 82.5 Å². The summed E-state index contributed by atoms with van der Waals surface area (Å²) in [4.78, 5) is 28.1. The standard InChI is InChI=1S/C27H26ClN3O3/c1-34-23-13-8-20(24(17-23)27(33)30-22-11-9-21(28)10-12-22)16-25(32)18-4-6-19(7-5-18)26(29)31-14-2-3-15-31/h4-13,17,29H,2-3,14-16H2,1H3,(H,30,33). The first-order valence-corrected chi connectivity index (χ1v) is 11.5. The van der Waals surface area contributed by atoms with Crippen LogP contribution in [0.15, 0.2) is 66.7 Å². The van der Waals surface area contributed by atoms with Gasteiger partial charge in [0.2, 0.25) is 0 Å². The van der Waals surface area contributed by atoms with Crippen molar-refractivity contribution in [2.45, 2.75) is 19.3 Å². The Bertz CT molecular complexity index is 1200.